The summed E-state index contributed by atoms with van der Waals surface area (Å²) in [5.74, 6) is -0.111. The molecule has 0 saturated carbocycles. The number of aromatic nitrogens is 4. The van der Waals surface area contributed by atoms with Crippen LogP contribution in [0.2, 0.25) is 0 Å². The van der Waals surface area contributed by atoms with Crippen molar-refractivity contribution in [3.05, 3.63) is 52.3 Å². The number of aromatic amines is 1. The number of benzene rings is 1. The van der Waals surface area contributed by atoms with Gasteiger partial charge < -0.3 is 4.90 Å². The molecule has 1 aromatic carbocycles. The molecule has 11 heteroatoms. The quantitative estimate of drug-likeness (QED) is 0.610. The molecule has 1 saturated heterocycles. The minimum absolute atomic E-state index is 0.111. The third-order valence-corrected chi connectivity index (χ3v) is 7.93. The molecule has 0 bridgehead atoms. The van der Waals surface area contributed by atoms with E-state index < -0.39 is 10.0 Å². The van der Waals surface area contributed by atoms with E-state index in [1.165, 1.54) is 15.2 Å². The van der Waals surface area contributed by atoms with Crippen LogP contribution in [0.4, 0.5) is 0 Å². The fraction of sp³-hybridized carbons (Fsp3) is 0.429. The molecule has 4 rings (SSSR count). The van der Waals surface area contributed by atoms with Crippen molar-refractivity contribution in [2.75, 3.05) is 26.2 Å². The summed E-state index contributed by atoms with van der Waals surface area (Å²) >= 11 is 0. The largest absolute Gasteiger partial charge is 0.341 e. The Morgan fingerprint density at radius 2 is 1.91 bits per heavy atom. The van der Waals surface area contributed by atoms with Crippen LogP contribution in [0.25, 0.3) is 10.9 Å². The molecule has 0 aliphatic carbocycles. The molecule has 2 aromatic heterocycles. The fourth-order valence-electron chi connectivity index (χ4n) is 4.07. The summed E-state index contributed by atoms with van der Waals surface area (Å²) in [6.07, 6.45) is 2.15. The number of aryl methyl sites for hydroxylation is 3. The summed E-state index contributed by atoms with van der Waals surface area (Å²) in [5, 5.41) is 7.23. The van der Waals surface area contributed by atoms with Crippen molar-refractivity contribution in [3.8, 4) is 0 Å². The normalized spacial score (nSPS) is 15.8. The van der Waals surface area contributed by atoms with E-state index in [2.05, 4.69) is 15.2 Å². The number of carbonyl (C=O) groups excluding carboxylic acids is 1. The number of hydrogen-bond donors (Lipinski definition) is 1. The Morgan fingerprint density at radius 3 is 2.66 bits per heavy atom. The zero-order valence-corrected chi connectivity index (χ0v) is 18.9. The number of carbonyl (C=O) groups is 1. The smallest absolute Gasteiger partial charge is 0.261 e. The molecule has 1 N–H and O–H groups in total. The summed E-state index contributed by atoms with van der Waals surface area (Å²) < 4.78 is 29.0. The number of sulfonamides is 1. The highest BCUT2D eigenvalue weighted by molar-refractivity contribution is 7.89. The van der Waals surface area contributed by atoms with Crippen LogP contribution in [0.5, 0.6) is 0 Å². The topological polar surface area (TPSA) is 121 Å². The molecular formula is C21H26N6O4S. The molecule has 1 aliphatic heterocycles. The van der Waals surface area contributed by atoms with Crippen molar-refractivity contribution in [3.63, 3.8) is 0 Å². The van der Waals surface area contributed by atoms with Gasteiger partial charge in [0.05, 0.1) is 28.6 Å². The Balaban J connectivity index is 1.41. The molecule has 0 unspecified atom stereocenters. The molecule has 3 heterocycles. The highest BCUT2D eigenvalue weighted by Crippen LogP contribution is 2.23. The van der Waals surface area contributed by atoms with E-state index >= 15 is 0 Å². The first kappa shape index (κ1) is 22.2. The molecule has 0 atom stereocenters. The van der Waals surface area contributed by atoms with Gasteiger partial charge in [-0.15, -0.1) is 0 Å². The summed E-state index contributed by atoms with van der Waals surface area (Å²) in [6, 6.07) is 7.09. The van der Waals surface area contributed by atoms with Crippen molar-refractivity contribution in [2.24, 2.45) is 0 Å². The Morgan fingerprint density at radius 1 is 1.12 bits per heavy atom. The number of H-pyrrole nitrogens is 1. The second-order valence-electron chi connectivity index (χ2n) is 7.91. The first-order valence-corrected chi connectivity index (χ1v) is 12.0. The lowest BCUT2D eigenvalue weighted by Crippen LogP contribution is -2.38. The highest BCUT2D eigenvalue weighted by Gasteiger charge is 2.31. The van der Waals surface area contributed by atoms with E-state index in [9.17, 15) is 18.0 Å². The zero-order chi connectivity index (χ0) is 22.9. The summed E-state index contributed by atoms with van der Waals surface area (Å²) in [5.41, 5.74) is 1.39. The lowest BCUT2D eigenvalue weighted by Gasteiger charge is -2.22. The Hall–Kier alpha value is -3.05. The zero-order valence-electron chi connectivity index (χ0n) is 18.1. The standard InChI is InChI=1S/C21H26N6O4S/c1-15-20(16(2)24-23-15)32(30,31)27-10-5-9-25(12-13-27)19(28)8-11-26-14-22-18-7-4-3-6-17(18)21(26)29/h3-4,6-7,14H,5,8-13H2,1-2H3,(H,23,24). The van der Waals surface area contributed by atoms with Gasteiger partial charge in [0.1, 0.15) is 4.90 Å². The minimum Gasteiger partial charge on any atom is -0.341 e. The maximum atomic E-state index is 13.1. The van der Waals surface area contributed by atoms with Gasteiger partial charge in [0.25, 0.3) is 5.56 Å². The molecule has 0 spiro atoms. The van der Waals surface area contributed by atoms with E-state index in [1.807, 2.05) is 6.07 Å². The molecule has 32 heavy (non-hydrogen) atoms. The van der Waals surface area contributed by atoms with Crippen LogP contribution in [-0.4, -0.2) is 69.5 Å². The van der Waals surface area contributed by atoms with Crippen LogP contribution in [0.1, 0.15) is 24.2 Å². The first-order chi connectivity index (χ1) is 15.3. The lowest BCUT2D eigenvalue weighted by atomic mass is 10.2. The fourth-order valence-corrected chi connectivity index (χ4v) is 5.87. The van der Waals surface area contributed by atoms with E-state index in [1.54, 1.807) is 36.9 Å². The van der Waals surface area contributed by atoms with Gasteiger partial charge in [-0.3, -0.25) is 19.3 Å². The van der Waals surface area contributed by atoms with E-state index in [4.69, 9.17) is 0 Å². The molecule has 1 fully saturated rings. The van der Waals surface area contributed by atoms with Crippen LogP contribution < -0.4 is 5.56 Å². The number of hydrogen-bond acceptors (Lipinski definition) is 6. The number of nitrogens with one attached hydrogen (secondary N) is 1. The first-order valence-electron chi connectivity index (χ1n) is 10.5. The van der Waals surface area contributed by atoms with Gasteiger partial charge >= 0.3 is 0 Å². The molecule has 0 radical (unpaired) electrons. The van der Waals surface area contributed by atoms with Crippen LogP contribution in [-0.2, 0) is 21.4 Å². The third-order valence-electron chi connectivity index (χ3n) is 5.76. The molecule has 3 aromatic rings. The number of rotatable bonds is 5. The Bertz CT molecular complexity index is 1290. The monoisotopic (exact) mass is 458 g/mol. The van der Waals surface area contributed by atoms with Crippen LogP contribution in [0.3, 0.4) is 0 Å². The van der Waals surface area contributed by atoms with E-state index in [0.717, 1.165) is 0 Å². The predicted molar refractivity (Wildman–Crippen MR) is 119 cm³/mol. The van der Waals surface area contributed by atoms with Gasteiger partial charge in [-0.05, 0) is 32.4 Å². The molecular weight excluding hydrogens is 432 g/mol. The second-order valence-corrected chi connectivity index (χ2v) is 9.79. The van der Waals surface area contributed by atoms with Crippen molar-refractivity contribution in [2.45, 2.75) is 38.1 Å². The lowest BCUT2D eigenvalue weighted by molar-refractivity contribution is -0.131. The van der Waals surface area contributed by atoms with Crippen LogP contribution >= 0.6 is 0 Å². The Labute approximate surface area is 185 Å². The van der Waals surface area contributed by atoms with Crippen molar-refractivity contribution in [1.82, 2.24) is 29.0 Å². The van der Waals surface area contributed by atoms with Crippen molar-refractivity contribution >= 4 is 26.8 Å². The van der Waals surface area contributed by atoms with E-state index in [0.29, 0.717) is 48.3 Å². The van der Waals surface area contributed by atoms with Crippen LogP contribution in [0, 0.1) is 13.8 Å². The molecule has 170 valence electrons. The average molecular weight is 459 g/mol. The van der Waals surface area contributed by atoms with Gasteiger partial charge in [-0.25, -0.2) is 13.4 Å². The average Bonchev–Trinajstić information content (AvgIpc) is 2.97. The molecule has 1 aliphatic rings. The molecule has 1 amide bonds. The maximum Gasteiger partial charge on any atom is 0.261 e. The number of amides is 1. The van der Waals surface area contributed by atoms with Gasteiger partial charge in [0, 0.05) is 39.1 Å². The summed E-state index contributed by atoms with van der Waals surface area (Å²) in [6.45, 7) is 4.90. The SMILES string of the molecule is Cc1n[nH]c(C)c1S(=O)(=O)N1CCCN(C(=O)CCn2cnc3ccccc3c2=O)CC1. The number of nitrogens with zero attached hydrogens (tertiary/aromatic N) is 5. The van der Waals surface area contributed by atoms with Gasteiger partial charge in [0.15, 0.2) is 0 Å². The Kier molecular flexibility index (Phi) is 6.11. The third kappa shape index (κ3) is 4.17. The summed E-state index contributed by atoms with van der Waals surface area (Å²) in [4.78, 5) is 31.6. The van der Waals surface area contributed by atoms with Crippen molar-refractivity contribution in [1.29, 1.82) is 0 Å². The summed E-state index contributed by atoms with van der Waals surface area (Å²) in [7, 11) is -3.69. The van der Waals surface area contributed by atoms with Crippen LogP contribution in [0.15, 0.2) is 40.3 Å². The maximum absolute atomic E-state index is 13.1. The highest BCUT2D eigenvalue weighted by atomic mass is 32.2. The van der Waals surface area contributed by atoms with E-state index in [-0.39, 0.29) is 35.9 Å². The van der Waals surface area contributed by atoms with Crippen molar-refractivity contribution < 1.29 is 13.2 Å². The van der Waals surface area contributed by atoms with Gasteiger partial charge in [-0.2, -0.15) is 9.40 Å². The number of fused-ring (bicyclic) bond motifs is 1. The molecule has 10 nitrogen and oxygen atoms in total. The minimum atomic E-state index is -3.69. The van der Waals surface area contributed by atoms with Gasteiger partial charge in [-0.1, -0.05) is 12.1 Å². The predicted octanol–water partition coefficient (Wildman–Crippen LogP) is 1.05. The second kappa shape index (κ2) is 8.83. The number of para-hydroxylation sites is 1. The van der Waals surface area contributed by atoms with Gasteiger partial charge in [0.2, 0.25) is 15.9 Å².